The van der Waals surface area contributed by atoms with E-state index in [1.54, 1.807) is 0 Å². The lowest BCUT2D eigenvalue weighted by atomic mass is 10.2. The molecule has 0 aromatic heterocycles. The van der Waals surface area contributed by atoms with Gasteiger partial charge in [-0.3, -0.25) is 0 Å². The molecule has 0 unspecified atom stereocenters. The van der Waals surface area contributed by atoms with E-state index in [-0.39, 0.29) is 0 Å². The van der Waals surface area contributed by atoms with Crippen molar-refractivity contribution in [2.24, 2.45) is 0 Å². The number of hydrogen-bond acceptors (Lipinski definition) is 0. The standard InChI is InChI=1S/C14H31BrN/c1-4-7-10-13-16(14-15,11-8-5-2)12-9-6-3/h4-14H2,1-3H3/q+1. The topological polar surface area (TPSA) is 0 Å². The summed E-state index contributed by atoms with van der Waals surface area (Å²) in [6, 6.07) is 0. The summed E-state index contributed by atoms with van der Waals surface area (Å²) in [5.74, 6) is 0. The molecule has 0 aliphatic carbocycles. The van der Waals surface area contributed by atoms with Crippen molar-refractivity contribution >= 4 is 15.9 Å². The smallest absolute Gasteiger partial charge is 0.134 e. The van der Waals surface area contributed by atoms with E-state index in [1.807, 2.05) is 0 Å². The summed E-state index contributed by atoms with van der Waals surface area (Å²) in [7, 11) is 0. The Bertz CT molecular complexity index is 140. The third-order valence-corrected chi connectivity index (χ3v) is 4.53. The Labute approximate surface area is 111 Å². The van der Waals surface area contributed by atoms with E-state index in [0.29, 0.717) is 0 Å². The van der Waals surface area contributed by atoms with E-state index in [9.17, 15) is 0 Å². The molecule has 0 aliphatic rings. The highest BCUT2D eigenvalue weighted by atomic mass is 79.9. The molecule has 0 N–H and O–H groups in total. The molecule has 0 saturated heterocycles. The molecule has 0 aliphatic heterocycles. The Hall–Kier alpha value is 0.440. The molecule has 2 heteroatoms. The number of halogens is 1. The molecule has 0 rings (SSSR count). The molecule has 0 radical (unpaired) electrons. The Morgan fingerprint density at radius 2 is 1.12 bits per heavy atom. The van der Waals surface area contributed by atoms with Crippen molar-refractivity contribution in [2.75, 3.05) is 25.1 Å². The summed E-state index contributed by atoms with van der Waals surface area (Å²) in [6.45, 7) is 11.0. The minimum atomic E-state index is 1.15. The van der Waals surface area contributed by atoms with Gasteiger partial charge in [-0.05, 0) is 41.6 Å². The maximum atomic E-state index is 3.76. The van der Waals surface area contributed by atoms with Crippen LogP contribution in [0.1, 0.15) is 65.7 Å². The van der Waals surface area contributed by atoms with Crippen LogP contribution >= 0.6 is 15.9 Å². The molecule has 0 fully saturated rings. The summed E-state index contributed by atoms with van der Waals surface area (Å²) in [5, 5.41) is 0. The molecule has 0 heterocycles. The van der Waals surface area contributed by atoms with E-state index in [0.717, 1.165) is 5.45 Å². The molecule has 98 valence electrons. The van der Waals surface area contributed by atoms with Gasteiger partial charge in [0.1, 0.15) is 5.45 Å². The molecule has 0 amide bonds. The summed E-state index contributed by atoms with van der Waals surface area (Å²) in [5.41, 5.74) is 1.15. The average Bonchev–Trinajstić information content (AvgIpc) is 2.32. The molecule has 0 atom stereocenters. The first-order valence-electron chi connectivity index (χ1n) is 7.15. The third kappa shape index (κ3) is 6.90. The van der Waals surface area contributed by atoms with Gasteiger partial charge < -0.3 is 4.48 Å². The van der Waals surface area contributed by atoms with Crippen molar-refractivity contribution in [3.63, 3.8) is 0 Å². The lowest BCUT2D eigenvalue weighted by molar-refractivity contribution is -0.915. The monoisotopic (exact) mass is 292 g/mol. The zero-order valence-electron chi connectivity index (χ0n) is 11.6. The van der Waals surface area contributed by atoms with Crippen LogP contribution in [0.2, 0.25) is 0 Å². The van der Waals surface area contributed by atoms with Gasteiger partial charge in [-0.25, -0.2) is 0 Å². The van der Waals surface area contributed by atoms with Crippen LogP contribution in [0.5, 0.6) is 0 Å². The van der Waals surface area contributed by atoms with Gasteiger partial charge in [-0.2, -0.15) is 0 Å². The van der Waals surface area contributed by atoms with Crippen LogP contribution in [0, 0.1) is 0 Å². The van der Waals surface area contributed by atoms with Crippen molar-refractivity contribution in [1.29, 1.82) is 0 Å². The molecule has 16 heavy (non-hydrogen) atoms. The second-order valence-corrected chi connectivity index (χ2v) is 5.55. The Balaban J connectivity index is 4.16. The van der Waals surface area contributed by atoms with Crippen molar-refractivity contribution in [3.8, 4) is 0 Å². The second kappa shape index (κ2) is 10.6. The van der Waals surface area contributed by atoms with Crippen LogP contribution in [-0.2, 0) is 0 Å². The van der Waals surface area contributed by atoms with Gasteiger partial charge in [0.25, 0.3) is 0 Å². The summed E-state index contributed by atoms with van der Waals surface area (Å²) in [6.07, 6.45) is 9.54. The van der Waals surface area contributed by atoms with Gasteiger partial charge in [0.2, 0.25) is 0 Å². The molecule has 0 aromatic carbocycles. The lowest BCUT2D eigenvalue weighted by Gasteiger charge is -2.37. The van der Waals surface area contributed by atoms with E-state index in [4.69, 9.17) is 0 Å². The van der Waals surface area contributed by atoms with Gasteiger partial charge in [0.05, 0.1) is 19.6 Å². The maximum absolute atomic E-state index is 3.76. The van der Waals surface area contributed by atoms with Crippen molar-refractivity contribution < 1.29 is 4.48 Å². The highest BCUT2D eigenvalue weighted by Crippen LogP contribution is 2.17. The zero-order chi connectivity index (χ0) is 12.3. The van der Waals surface area contributed by atoms with Gasteiger partial charge in [-0.15, -0.1) is 0 Å². The third-order valence-electron chi connectivity index (χ3n) is 3.46. The quantitative estimate of drug-likeness (QED) is 0.219. The first-order valence-corrected chi connectivity index (χ1v) is 8.27. The fraction of sp³-hybridized carbons (Fsp3) is 1.00. The minimum Gasteiger partial charge on any atom is -0.315 e. The maximum Gasteiger partial charge on any atom is 0.134 e. The fourth-order valence-electron chi connectivity index (χ4n) is 2.20. The molecule has 0 spiro atoms. The normalized spacial score (nSPS) is 12.0. The van der Waals surface area contributed by atoms with Crippen LogP contribution < -0.4 is 0 Å². The Kier molecular flexibility index (Phi) is 10.9. The van der Waals surface area contributed by atoms with Gasteiger partial charge in [-0.1, -0.05) is 40.0 Å². The van der Waals surface area contributed by atoms with Gasteiger partial charge in [0.15, 0.2) is 0 Å². The van der Waals surface area contributed by atoms with Gasteiger partial charge >= 0.3 is 0 Å². The minimum absolute atomic E-state index is 1.15. The average molecular weight is 293 g/mol. The van der Waals surface area contributed by atoms with Crippen molar-refractivity contribution in [2.45, 2.75) is 65.7 Å². The number of nitrogens with zero attached hydrogens (tertiary/aromatic N) is 1. The molecule has 0 bridgehead atoms. The van der Waals surface area contributed by atoms with E-state index >= 15 is 0 Å². The zero-order valence-corrected chi connectivity index (χ0v) is 13.2. The number of hydrogen-bond donors (Lipinski definition) is 0. The molecule has 0 saturated carbocycles. The largest absolute Gasteiger partial charge is 0.315 e. The van der Waals surface area contributed by atoms with E-state index < -0.39 is 0 Å². The number of unbranched alkanes of at least 4 members (excludes halogenated alkanes) is 4. The summed E-state index contributed by atoms with van der Waals surface area (Å²) in [4.78, 5) is 0. The second-order valence-electron chi connectivity index (χ2n) is 5.05. The SMILES string of the molecule is CCCCC[N+](CBr)(CCCC)CCCC. The van der Waals surface area contributed by atoms with Crippen molar-refractivity contribution in [1.82, 2.24) is 0 Å². The van der Waals surface area contributed by atoms with E-state index in [1.165, 1.54) is 69.1 Å². The number of alkyl halides is 1. The predicted molar refractivity (Wildman–Crippen MR) is 78.0 cm³/mol. The number of rotatable bonds is 11. The molecular weight excluding hydrogens is 262 g/mol. The summed E-state index contributed by atoms with van der Waals surface area (Å²) >= 11 is 3.76. The van der Waals surface area contributed by atoms with E-state index in [2.05, 4.69) is 36.7 Å². The first kappa shape index (κ1) is 16.4. The highest BCUT2D eigenvalue weighted by molar-refractivity contribution is 9.09. The molecular formula is C14H31BrN+. The first-order chi connectivity index (χ1) is 7.74. The lowest BCUT2D eigenvalue weighted by Crippen LogP contribution is -2.49. The van der Waals surface area contributed by atoms with Crippen LogP contribution in [0.25, 0.3) is 0 Å². The number of quaternary nitrogens is 1. The Morgan fingerprint density at radius 3 is 1.50 bits per heavy atom. The highest BCUT2D eigenvalue weighted by Gasteiger charge is 2.23. The van der Waals surface area contributed by atoms with Crippen LogP contribution in [0.15, 0.2) is 0 Å². The molecule has 1 nitrogen and oxygen atoms in total. The molecule has 0 aromatic rings. The van der Waals surface area contributed by atoms with Crippen LogP contribution in [0.3, 0.4) is 0 Å². The van der Waals surface area contributed by atoms with Gasteiger partial charge in [0, 0.05) is 0 Å². The summed E-state index contributed by atoms with van der Waals surface area (Å²) < 4.78 is 1.31. The van der Waals surface area contributed by atoms with Crippen LogP contribution in [0.4, 0.5) is 0 Å². The van der Waals surface area contributed by atoms with Crippen molar-refractivity contribution in [3.05, 3.63) is 0 Å². The fourth-order valence-corrected chi connectivity index (χ4v) is 2.95. The predicted octanol–water partition coefficient (Wildman–Crippen LogP) is 4.95. The Morgan fingerprint density at radius 1 is 0.688 bits per heavy atom. The van der Waals surface area contributed by atoms with Crippen LogP contribution in [-0.4, -0.2) is 29.6 Å².